The Hall–Kier alpha value is -2.05. The highest BCUT2D eigenvalue weighted by Crippen LogP contribution is 2.19. The summed E-state index contributed by atoms with van der Waals surface area (Å²) in [6, 6.07) is 15.1. The van der Waals surface area contributed by atoms with Crippen molar-refractivity contribution in [3.63, 3.8) is 0 Å². The van der Waals surface area contributed by atoms with E-state index in [2.05, 4.69) is 33.1 Å². The second-order valence-electron chi connectivity index (χ2n) is 4.03. The summed E-state index contributed by atoms with van der Waals surface area (Å²) in [5.74, 6) is 5.09. The van der Waals surface area contributed by atoms with Gasteiger partial charge >= 0.3 is 5.91 Å². The van der Waals surface area contributed by atoms with Crippen LogP contribution in [0.5, 0.6) is 0 Å². The van der Waals surface area contributed by atoms with Gasteiger partial charge in [-0.3, -0.25) is 4.79 Å². The first-order valence-corrected chi connectivity index (χ1v) is 6.58. The van der Waals surface area contributed by atoms with E-state index in [-0.39, 0.29) is 5.91 Å². The Bertz CT molecular complexity index is 653. The maximum atomic E-state index is 11.7. The van der Waals surface area contributed by atoms with Gasteiger partial charge in [0.05, 0.1) is 0 Å². The van der Waals surface area contributed by atoms with Crippen molar-refractivity contribution in [2.45, 2.75) is 6.92 Å². The smallest absolute Gasteiger partial charge is 0.300 e. The van der Waals surface area contributed by atoms with Gasteiger partial charge in [-0.15, -0.1) is 0 Å². The number of nitrogens with one attached hydrogen (secondary N) is 1. The molecule has 0 radical (unpaired) electrons. The van der Waals surface area contributed by atoms with Crippen LogP contribution < -0.4 is 5.32 Å². The third-order valence-electron chi connectivity index (χ3n) is 2.53. The van der Waals surface area contributed by atoms with Gasteiger partial charge < -0.3 is 5.32 Å². The van der Waals surface area contributed by atoms with Gasteiger partial charge in [-0.05, 0) is 42.8 Å². The standard InChI is InChI=1S/C16H12BrNO/c1-12-11-14(17)8-9-15(12)18-16(19)10-7-13-5-3-2-4-6-13/h2-6,8-9,11H,1H3,(H,18,19). The topological polar surface area (TPSA) is 29.1 Å². The SMILES string of the molecule is Cc1cc(Br)ccc1NC(=O)C#Cc1ccccc1. The number of halogens is 1. The molecule has 2 aromatic carbocycles. The van der Waals surface area contributed by atoms with Crippen LogP contribution in [0.25, 0.3) is 0 Å². The van der Waals surface area contributed by atoms with Crippen molar-refractivity contribution in [3.05, 3.63) is 64.1 Å². The molecule has 1 N–H and O–H groups in total. The first-order chi connectivity index (χ1) is 9.15. The lowest BCUT2D eigenvalue weighted by Crippen LogP contribution is -2.09. The molecule has 0 atom stereocenters. The van der Waals surface area contributed by atoms with Gasteiger partial charge in [0.15, 0.2) is 0 Å². The molecule has 2 nitrogen and oxygen atoms in total. The van der Waals surface area contributed by atoms with Crippen LogP contribution in [0.3, 0.4) is 0 Å². The molecule has 3 heteroatoms. The molecule has 0 aliphatic heterocycles. The third kappa shape index (κ3) is 3.97. The summed E-state index contributed by atoms with van der Waals surface area (Å²) in [5, 5.41) is 2.77. The Morgan fingerprint density at radius 3 is 2.58 bits per heavy atom. The van der Waals surface area contributed by atoms with Crippen molar-refractivity contribution in [3.8, 4) is 11.8 Å². The van der Waals surface area contributed by atoms with Crippen LogP contribution in [-0.2, 0) is 4.79 Å². The molecule has 94 valence electrons. The summed E-state index contributed by atoms with van der Waals surface area (Å²) in [4.78, 5) is 11.7. The quantitative estimate of drug-likeness (QED) is 0.798. The van der Waals surface area contributed by atoms with Crippen molar-refractivity contribution >= 4 is 27.5 Å². The maximum absolute atomic E-state index is 11.7. The molecule has 0 unspecified atom stereocenters. The number of hydrogen-bond acceptors (Lipinski definition) is 1. The number of benzene rings is 2. The predicted octanol–water partition coefficient (Wildman–Crippen LogP) is 3.75. The molecule has 2 rings (SSSR count). The van der Waals surface area contributed by atoms with Crippen molar-refractivity contribution in [1.29, 1.82) is 0 Å². The van der Waals surface area contributed by atoms with Gasteiger partial charge in [0.1, 0.15) is 0 Å². The zero-order chi connectivity index (χ0) is 13.7. The van der Waals surface area contributed by atoms with E-state index in [1.54, 1.807) is 0 Å². The predicted molar refractivity (Wildman–Crippen MR) is 80.8 cm³/mol. The molecule has 0 aliphatic rings. The number of hydrogen-bond donors (Lipinski definition) is 1. The zero-order valence-electron chi connectivity index (χ0n) is 10.4. The summed E-state index contributed by atoms with van der Waals surface area (Å²) >= 11 is 3.38. The van der Waals surface area contributed by atoms with E-state index in [0.29, 0.717) is 0 Å². The molecule has 0 spiro atoms. The minimum absolute atomic E-state index is 0.311. The highest BCUT2D eigenvalue weighted by atomic mass is 79.9. The van der Waals surface area contributed by atoms with Gasteiger partial charge in [0.25, 0.3) is 0 Å². The fourth-order valence-corrected chi connectivity index (χ4v) is 2.05. The van der Waals surface area contributed by atoms with Gasteiger partial charge in [-0.2, -0.15) is 0 Å². The maximum Gasteiger partial charge on any atom is 0.300 e. The molecule has 0 aliphatic carbocycles. The Kier molecular flexibility index (Phi) is 4.38. The summed E-state index contributed by atoms with van der Waals surface area (Å²) in [5.41, 5.74) is 2.59. The van der Waals surface area contributed by atoms with Crippen LogP contribution in [0.1, 0.15) is 11.1 Å². The zero-order valence-corrected chi connectivity index (χ0v) is 12.0. The molecular weight excluding hydrogens is 302 g/mol. The molecule has 0 saturated heterocycles. The van der Waals surface area contributed by atoms with E-state index in [9.17, 15) is 4.79 Å². The van der Waals surface area contributed by atoms with Crippen molar-refractivity contribution in [2.75, 3.05) is 5.32 Å². The van der Waals surface area contributed by atoms with Gasteiger partial charge in [-0.25, -0.2) is 0 Å². The van der Waals surface area contributed by atoms with Gasteiger partial charge in [-0.1, -0.05) is 40.0 Å². The van der Waals surface area contributed by atoms with E-state index in [0.717, 1.165) is 21.3 Å². The van der Waals surface area contributed by atoms with Gasteiger partial charge in [0.2, 0.25) is 0 Å². The van der Waals surface area contributed by atoms with E-state index in [4.69, 9.17) is 0 Å². The van der Waals surface area contributed by atoms with Crippen LogP contribution in [0.4, 0.5) is 5.69 Å². The van der Waals surface area contributed by atoms with E-state index >= 15 is 0 Å². The number of rotatable bonds is 1. The minimum atomic E-state index is -0.311. The molecule has 0 heterocycles. The molecule has 0 saturated carbocycles. The van der Waals surface area contributed by atoms with Crippen LogP contribution in [0.15, 0.2) is 53.0 Å². The molecular formula is C16H12BrNO. The highest BCUT2D eigenvalue weighted by Gasteiger charge is 2.01. The Labute approximate surface area is 121 Å². The lowest BCUT2D eigenvalue weighted by atomic mass is 10.2. The van der Waals surface area contributed by atoms with Crippen LogP contribution in [-0.4, -0.2) is 5.91 Å². The lowest BCUT2D eigenvalue weighted by Gasteiger charge is -2.05. The monoisotopic (exact) mass is 313 g/mol. The lowest BCUT2D eigenvalue weighted by molar-refractivity contribution is -0.111. The molecule has 0 fully saturated rings. The van der Waals surface area contributed by atoms with Crippen LogP contribution in [0, 0.1) is 18.8 Å². The molecule has 2 aromatic rings. The first-order valence-electron chi connectivity index (χ1n) is 5.79. The number of anilines is 1. The molecule has 19 heavy (non-hydrogen) atoms. The van der Waals surface area contributed by atoms with Crippen LogP contribution >= 0.6 is 15.9 Å². The summed E-state index contributed by atoms with van der Waals surface area (Å²) in [7, 11) is 0. The van der Waals surface area contributed by atoms with Crippen molar-refractivity contribution in [2.24, 2.45) is 0 Å². The third-order valence-corrected chi connectivity index (χ3v) is 3.02. The minimum Gasteiger partial charge on any atom is -0.315 e. The van der Waals surface area contributed by atoms with Crippen molar-refractivity contribution < 1.29 is 4.79 Å². The largest absolute Gasteiger partial charge is 0.315 e. The first kappa shape index (κ1) is 13.4. The van der Waals surface area contributed by atoms with E-state index < -0.39 is 0 Å². The highest BCUT2D eigenvalue weighted by molar-refractivity contribution is 9.10. The van der Waals surface area contributed by atoms with E-state index in [1.807, 2.05) is 55.5 Å². The number of amides is 1. The van der Waals surface area contributed by atoms with Crippen molar-refractivity contribution in [1.82, 2.24) is 0 Å². The number of carbonyl (C=O) groups excluding carboxylic acids is 1. The number of aryl methyl sites for hydroxylation is 1. The Morgan fingerprint density at radius 2 is 1.89 bits per heavy atom. The molecule has 0 bridgehead atoms. The summed E-state index contributed by atoms with van der Waals surface area (Å²) < 4.78 is 0.985. The second kappa shape index (κ2) is 6.21. The van der Waals surface area contributed by atoms with E-state index in [1.165, 1.54) is 0 Å². The fourth-order valence-electron chi connectivity index (χ4n) is 1.57. The summed E-state index contributed by atoms with van der Waals surface area (Å²) in [6.07, 6.45) is 0. The Balaban J connectivity index is 2.08. The average Bonchev–Trinajstić information content (AvgIpc) is 2.41. The molecule has 1 amide bonds. The summed E-state index contributed by atoms with van der Waals surface area (Å²) in [6.45, 7) is 1.94. The van der Waals surface area contributed by atoms with Crippen LogP contribution in [0.2, 0.25) is 0 Å². The van der Waals surface area contributed by atoms with Gasteiger partial charge in [0, 0.05) is 21.6 Å². The normalized spacial score (nSPS) is 9.37. The fraction of sp³-hybridized carbons (Fsp3) is 0.0625. The second-order valence-corrected chi connectivity index (χ2v) is 4.95. The molecule has 0 aromatic heterocycles. The number of carbonyl (C=O) groups is 1. The average molecular weight is 314 g/mol. The Morgan fingerprint density at radius 1 is 1.16 bits per heavy atom.